The predicted molar refractivity (Wildman–Crippen MR) is 114 cm³/mol. The van der Waals surface area contributed by atoms with Gasteiger partial charge in [0.25, 0.3) is 0 Å². The van der Waals surface area contributed by atoms with Crippen LogP contribution in [0.4, 0.5) is 0 Å². The minimum absolute atomic E-state index is 0.314. The van der Waals surface area contributed by atoms with Crippen molar-refractivity contribution in [3.63, 3.8) is 0 Å². The maximum atomic E-state index is 13.1. The van der Waals surface area contributed by atoms with Crippen LogP contribution in [-0.2, 0) is 27.7 Å². The zero-order valence-electron chi connectivity index (χ0n) is 17.3. The van der Waals surface area contributed by atoms with E-state index in [0.717, 1.165) is 29.2 Å². The van der Waals surface area contributed by atoms with Crippen molar-refractivity contribution in [2.24, 2.45) is 0 Å². The highest BCUT2D eigenvalue weighted by Gasteiger charge is 2.29. The fraction of sp³-hybridized carbons (Fsp3) is 0.550. The summed E-state index contributed by atoms with van der Waals surface area (Å²) in [6.07, 6.45) is 0.951. The van der Waals surface area contributed by atoms with E-state index in [0.29, 0.717) is 50.0 Å². The van der Waals surface area contributed by atoms with E-state index >= 15 is 0 Å². The monoisotopic (exact) mass is 439 g/mol. The second-order valence-corrected chi connectivity index (χ2v) is 9.92. The lowest BCUT2D eigenvalue weighted by atomic mass is 10.2. The number of methoxy groups -OCH3 is 1. The van der Waals surface area contributed by atoms with Crippen LogP contribution in [0.2, 0.25) is 0 Å². The number of benzene rings is 1. The first-order valence-electron chi connectivity index (χ1n) is 9.82. The Kier molecular flexibility index (Phi) is 7.64. The molecular weight excluding hydrogens is 410 g/mol. The van der Waals surface area contributed by atoms with Crippen molar-refractivity contribution in [2.45, 2.75) is 31.7 Å². The number of sulfonamides is 1. The van der Waals surface area contributed by atoms with E-state index in [1.165, 1.54) is 0 Å². The third kappa shape index (κ3) is 5.55. The first-order chi connectivity index (χ1) is 13.9. The van der Waals surface area contributed by atoms with Gasteiger partial charge in [-0.05, 0) is 37.1 Å². The number of ether oxygens (including phenoxy) is 2. The van der Waals surface area contributed by atoms with Crippen molar-refractivity contribution >= 4 is 21.4 Å². The van der Waals surface area contributed by atoms with Crippen LogP contribution in [0.15, 0.2) is 28.5 Å². The molecule has 1 saturated heterocycles. The Balaban J connectivity index is 1.59. The lowest BCUT2D eigenvalue weighted by molar-refractivity contribution is 0.146. The first-order valence-corrected chi connectivity index (χ1v) is 12.1. The smallest absolute Gasteiger partial charge is 0.243 e. The highest BCUT2D eigenvalue weighted by atomic mass is 32.2. The van der Waals surface area contributed by atoms with E-state index in [-0.39, 0.29) is 0 Å². The molecule has 1 aliphatic rings. The molecule has 0 saturated carbocycles. The second-order valence-electron chi connectivity index (χ2n) is 7.03. The molecule has 1 aromatic heterocycles. The van der Waals surface area contributed by atoms with E-state index in [1.54, 1.807) is 41.0 Å². The van der Waals surface area contributed by atoms with Gasteiger partial charge in [0, 0.05) is 45.2 Å². The Labute approximate surface area is 177 Å². The van der Waals surface area contributed by atoms with Crippen LogP contribution in [0.25, 0.3) is 0 Å². The third-order valence-corrected chi connectivity index (χ3v) is 7.88. The topological polar surface area (TPSA) is 72.0 Å². The number of aromatic nitrogens is 1. The quantitative estimate of drug-likeness (QED) is 0.559. The summed E-state index contributed by atoms with van der Waals surface area (Å²) < 4.78 is 38.3. The average Bonchev–Trinajstić information content (AvgIpc) is 3.17. The molecule has 160 valence electrons. The zero-order chi connectivity index (χ0) is 20.9. The van der Waals surface area contributed by atoms with E-state index in [9.17, 15) is 8.42 Å². The maximum Gasteiger partial charge on any atom is 0.243 e. The summed E-state index contributed by atoms with van der Waals surface area (Å²) in [6, 6.07) is 5.03. The molecule has 1 aliphatic heterocycles. The van der Waals surface area contributed by atoms with Gasteiger partial charge in [-0.3, -0.25) is 4.90 Å². The minimum atomic E-state index is -3.51. The molecular formula is C20H29N3O4S2. The van der Waals surface area contributed by atoms with Crippen molar-refractivity contribution in [3.05, 3.63) is 39.8 Å². The fourth-order valence-corrected chi connectivity index (χ4v) is 5.51. The fourth-order valence-electron chi connectivity index (χ4n) is 3.27. The lowest BCUT2D eigenvalue weighted by Crippen LogP contribution is -2.48. The average molecular weight is 440 g/mol. The Hall–Kier alpha value is -1.52. The van der Waals surface area contributed by atoms with Gasteiger partial charge in [0.15, 0.2) is 0 Å². The van der Waals surface area contributed by atoms with Gasteiger partial charge in [-0.1, -0.05) is 6.92 Å². The summed E-state index contributed by atoms with van der Waals surface area (Å²) in [5, 5.41) is 3.24. The van der Waals surface area contributed by atoms with Crippen LogP contribution in [0.3, 0.4) is 0 Å². The molecule has 29 heavy (non-hydrogen) atoms. The van der Waals surface area contributed by atoms with Crippen LogP contribution in [0.5, 0.6) is 5.75 Å². The number of nitrogens with zero attached hydrogens (tertiary/aromatic N) is 3. The van der Waals surface area contributed by atoms with Crippen molar-refractivity contribution in [1.29, 1.82) is 0 Å². The van der Waals surface area contributed by atoms with Crippen LogP contribution in [0.1, 0.15) is 23.2 Å². The Bertz CT molecular complexity index is 906. The van der Waals surface area contributed by atoms with E-state index in [4.69, 9.17) is 9.47 Å². The van der Waals surface area contributed by atoms with E-state index < -0.39 is 10.0 Å². The largest absolute Gasteiger partial charge is 0.491 e. The Morgan fingerprint density at radius 3 is 2.55 bits per heavy atom. The summed E-state index contributed by atoms with van der Waals surface area (Å²) >= 11 is 1.69. The standard InChI is InChI=1S/C20H29N3O4S2/c1-4-20-21-17(15-28-20)14-22-7-9-23(10-8-22)29(24,25)18-5-6-19(16(2)13-18)27-12-11-26-3/h5-6,13,15H,4,7-12,14H2,1-3H3. The zero-order valence-corrected chi connectivity index (χ0v) is 18.9. The Morgan fingerprint density at radius 1 is 1.17 bits per heavy atom. The highest BCUT2D eigenvalue weighted by molar-refractivity contribution is 7.89. The number of aryl methyl sites for hydroxylation is 2. The maximum absolute atomic E-state index is 13.1. The molecule has 0 radical (unpaired) electrons. The van der Waals surface area contributed by atoms with Crippen molar-refractivity contribution in [1.82, 2.24) is 14.2 Å². The number of piperazine rings is 1. The Morgan fingerprint density at radius 2 is 1.93 bits per heavy atom. The molecule has 0 aliphatic carbocycles. The van der Waals surface area contributed by atoms with Gasteiger partial charge in [-0.15, -0.1) is 11.3 Å². The van der Waals surface area contributed by atoms with Crippen LogP contribution in [-0.4, -0.2) is 69.1 Å². The summed E-state index contributed by atoms with van der Waals surface area (Å²) in [6.45, 7) is 8.04. The van der Waals surface area contributed by atoms with Gasteiger partial charge >= 0.3 is 0 Å². The predicted octanol–water partition coefficient (Wildman–Crippen LogP) is 2.55. The molecule has 0 unspecified atom stereocenters. The molecule has 2 aromatic rings. The SMILES string of the molecule is CCc1nc(CN2CCN(S(=O)(=O)c3ccc(OCCOC)c(C)c3)CC2)cs1. The van der Waals surface area contributed by atoms with Crippen molar-refractivity contribution < 1.29 is 17.9 Å². The normalized spacial score (nSPS) is 16.2. The van der Waals surface area contributed by atoms with Gasteiger partial charge in [0.2, 0.25) is 10.0 Å². The minimum Gasteiger partial charge on any atom is -0.491 e. The highest BCUT2D eigenvalue weighted by Crippen LogP contribution is 2.25. The molecule has 0 spiro atoms. The van der Waals surface area contributed by atoms with E-state index in [2.05, 4.69) is 22.2 Å². The van der Waals surface area contributed by atoms with Crippen molar-refractivity contribution in [2.75, 3.05) is 46.5 Å². The molecule has 0 N–H and O–H groups in total. The molecule has 9 heteroatoms. The van der Waals surface area contributed by atoms with Gasteiger partial charge in [-0.25, -0.2) is 13.4 Å². The number of thiazole rings is 1. The molecule has 2 heterocycles. The van der Waals surface area contributed by atoms with Crippen LogP contribution >= 0.6 is 11.3 Å². The van der Waals surface area contributed by atoms with Gasteiger partial charge in [0.05, 0.1) is 22.2 Å². The molecule has 7 nitrogen and oxygen atoms in total. The van der Waals surface area contributed by atoms with Gasteiger partial charge < -0.3 is 9.47 Å². The third-order valence-electron chi connectivity index (χ3n) is 4.95. The van der Waals surface area contributed by atoms with Crippen molar-refractivity contribution in [3.8, 4) is 5.75 Å². The number of hydrogen-bond donors (Lipinski definition) is 0. The molecule has 0 atom stereocenters. The summed E-state index contributed by atoms with van der Waals surface area (Å²) in [7, 11) is -1.89. The van der Waals surface area contributed by atoms with Crippen LogP contribution in [0, 0.1) is 6.92 Å². The summed E-state index contributed by atoms with van der Waals surface area (Å²) in [5.74, 6) is 0.681. The lowest BCUT2D eigenvalue weighted by Gasteiger charge is -2.33. The van der Waals surface area contributed by atoms with Gasteiger partial charge in [0.1, 0.15) is 12.4 Å². The molecule has 0 amide bonds. The first kappa shape index (κ1) is 22.2. The van der Waals surface area contributed by atoms with Gasteiger partial charge in [-0.2, -0.15) is 4.31 Å². The molecule has 0 bridgehead atoms. The number of rotatable bonds is 9. The number of hydrogen-bond acceptors (Lipinski definition) is 7. The van der Waals surface area contributed by atoms with Crippen LogP contribution < -0.4 is 4.74 Å². The van der Waals surface area contributed by atoms with E-state index in [1.807, 2.05) is 6.92 Å². The molecule has 1 aromatic carbocycles. The summed E-state index contributed by atoms with van der Waals surface area (Å²) in [5.41, 5.74) is 1.87. The second kappa shape index (κ2) is 9.99. The molecule has 1 fully saturated rings. The molecule has 3 rings (SSSR count). The summed E-state index contributed by atoms with van der Waals surface area (Å²) in [4.78, 5) is 7.18.